The molecular weight excluding hydrogens is 466 g/mol. The highest BCUT2D eigenvalue weighted by molar-refractivity contribution is 6.42. The molecule has 0 amide bonds. The third kappa shape index (κ3) is 4.07. The summed E-state index contributed by atoms with van der Waals surface area (Å²) in [5, 5.41) is 12.2. The lowest BCUT2D eigenvalue weighted by atomic mass is 10.0. The van der Waals surface area contributed by atoms with Gasteiger partial charge in [-0.1, -0.05) is 76.7 Å². The maximum Gasteiger partial charge on any atom is 0.348 e. The van der Waals surface area contributed by atoms with Gasteiger partial charge in [-0.2, -0.15) is 0 Å². The van der Waals surface area contributed by atoms with E-state index in [4.69, 9.17) is 51.1 Å². The first-order valence-electron chi connectivity index (χ1n) is 8.72. The quantitative estimate of drug-likeness (QED) is 0.391. The number of carbonyl (C=O) groups is 1. The van der Waals surface area contributed by atoms with Crippen LogP contribution in [0.15, 0.2) is 72.2 Å². The van der Waals surface area contributed by atoms with Crippen molar-refractivity contribution in [2.45, 2.75) is 0 Å². The Morgan fingerprint density at radius 2 is 1.33 bits per heavy atom. The van der Waals surface area contributed by atoms with Gasteiger partial charge in [0, 0.05) is 0 Å². The van der Waals surface area contributed by atoms with E-state index < -0.39 is 5.97 Å². The van der Waals surface area contributed by atoms with E-state index in [2.05, 4.69) is 0 Å². The van der Waals surface area contributed by atoms with Crippen molar-refractivity contribution in [3.05, 3.63) is 103 Å². The van der Waals surface area contributed by atoms with Crippen molar-refractivity contribution in [3.63, 3.8) is 0 Å². The number of carbonyl (C=O) groups excluding carboxylic acids is 1. The van der Waals surface area contributed by atoms with Gasteiger partial charge < -0.3 is 9.84 Å². The van der Waals surface area contributed by atoms with Crippen molar-refractivity contribution in [1.82, 2.24) is 0 Å². The first-order chi connectivity index (χ1) is 14.3. The smallest absolute Gasteiger partial charge is 0.348 e. The molecule has 0 radical (unpaired) electrons. The number of halogens is 4. The molecule has 0 bridgehead atoms. The van der Waals surface area contributed by atoms with Gasteiger partial charge in [0.2, 0.25) is 0 Å². The van der Waals surface area contributed by atoms with Crippen LogP contribution in [0, 0.1) is 0 Å². The lowest BCUT2D eigenvalue weighted by Crippen LogP contribution is -1.98. The number of aliphatic hydroxyl groups is 1. The van der Waals surface area contributed by atoms with Crippen LogP contribution in [0.1, 0.15) is 11.1 Å². The van der Waals surface area contributed by atoms with Crippen molar-refractivity contribution in [3.8, 4) is 11.1 Å². The second-order valence-corrected chi connectivity index (χ2v) is 8.13. The molecular formula is C23H12Cl4O3. The van der Waals surface area contributed by atoms with Crippen LogP contribution in [0.4, 0.5) is 0 Å². The molecule has 0 fully saturated rings. The Morgan fingerprint density at radius 1 is 0.733 bits per heavy atom. The summed E-state index contributed by atoms with van der Waals surface area (Å²) >= 11 is 24.1. The van der Waals surface area contributed by atoms with Gasteiger partial charge >= 0.3 is 5.97 Å². The average Bonchev–Trinajstić information content (AvgIpc) is 2.99. The maximum atomic E-state index is 12.4. The van der Waals surface area contributed by atoms with Crippen molar-refractivity contribution in [2.75, 3.05) is 0 Å². The summed E-state index contributed by atoms with van der Waals surface area (Å²) in [6.45, 7) is 0. The van der Waals surface area contributed by atoms with Crippen molar-refractivity contribution in [1.29, 1.82) is 0 Å². The van der Waals surface area contributed by atoms with Gasteiger partial charge in [0.05, 0.1) is 20.1 Å². The zero-order chi connectivity index (χ0) is 21.4. The molecule has 1 aliphatic heterocycles. The Morgan fingerprint density at radius 3 is 2.00 bits per heavy atom. The SMILES string of the molecule is O=C1OC(=Cc2cccc(-c3ccc(Cl)c(Cl)c3)c2)C(O)=C1c1ccc(Cl)c(Cl)c1. The Bertz CT molecular complexity index is 1240. The third-order valence-electron chi connectivity index (χ3n) is 4.52. The number of ether oxygens (including phenoxy) is 1. The van der Waals surface area contributed by atoms with Crippen LogP contribution in [-0.4, -0.2) is 11.1 Å². The Hall–Kier alpha value is -2.43. The average molecular weight is 478 g/mol. The first kappa shape index (κ1) is 20.8. The van der Waals surface area contributed by atoms with Crippen LogP contribution >= 0.6 is 46.4 Å². The molecule has 3 aromatic carbocycles. The predicted molar refractivity (Wildman–Crippen MR) is 122 cm³/mol. The van der Waals surface area contributed by atoms with Crippen LogP contribution < -0.4 is 0 Å². The summed E-state index contributed by atoms with van der Waals surface area (Å²) in [7, 11) is 0. The molecule has 3 nitrogen and oxygen atoms in total. The van der Waals surface area contributed by atoms with E-state index in [-0.39, 0.29) is 22.1 Å². The van der Waals surface area contributed by atoms with Crippen molar-refractivity contribution < 1.29 is 14.6 Å². The van der Waals surface area contributed by atoms with Crippen LogP contribution in [0.5, 0.6) is 0 Å². The third-order valence-corrected chi connectivity index (χ3v) is 6.00. The number of hydrogen-bond acceptors (Lipinski definition) is 3. The van der Waals surface area contributed by atoms with Gasteiger partial charge in [-0.25, -0.2) is 4.79 Å². The zero-order valence-corrected chi connectivity index (χ0v) is 18.2. The van der Waals surface area contributed by atoms with E-state index in [9.17, 15) is 9.90 Å². The molecule has 0 unspecified atom stereocenters. The predicted octanol–water partition coefficient (Wildman–Crippen LogP) is 7.83. The second-order valence-electron chi connectivity index (χ2n) is 6.50. The van der Waals surface area contributed by atoms with Crippen molar-refractivity contribution >= 4 is 64.0 Å². The fourth-order valence-corrected chi connectivity index (χ4v) is 3.65. The minimum absolute atomic E-state index is 0.0282. The van der Waals surface area contributed by atoms with Gasteiger partial charge in [-0.05, 0) is 58.7 Å². The topological polar surface area (TPSA) is 46.5 Å². The number of benzene rings is 3. The fourth-order valence-electron chi connectivity index (χ4n) is 3.06. The highest BCUT2D eigenvalue weighted by Crippen LogP contribution is 2.36. The first-order valence-corrected chi connectivity index (χ1v) is 10.2. The van der Waals surface area contributed by atoms with E-state index in [1.807, 2.05) is 30.3 Å². The van der Waals surface area contributed by atoms with Crippen LogP contribution in [0.25, 0.3) is 22.8 Å². The second kappa shape index (κ2) is 8.37. The van der Waals surface area contributed by atoms with Gasteiger partial charge in [0.1, 0.15) is 5.57 Å². The van der Waals surface area contributed by atoms with E-state index in [1.165, 1.54) is 6.07 Å². The zero-order valence-electron chi connectivity index (χ0n) is 15.1. The molecule has 1 aliphatic rings. The molecule has 0 saturated heterocycles. The number of hydrogen-bond donors (Lipinski definition) is 1. The molecule has 7 heteroatoms. The van der Waals surface area contributed by atoms with Crippen molar-refractivity contribution in [2.24, 2.45) is 0 Å². The molecule has 1 heterocycles. The van der Waals surface area contributed by atoms with Crippen LogP contribution in [-0.2, 0) is 9.53 Å². The standard InChI is InChI=1S/C23H12Cl4O3/c24-16-6-4-14(10-18(16)26)13-3-1-2-12(8-13)9-20-22(28)21(23(29)30-20)15-5-7-17(25)19(27)11-15/h1-11,28H. The highest BCUT2D eigenvalue weighted by Gasteiger charge is 2.31. The molecule has 0 spiro atoms. The van der Waals surface area contributed by atoms with Gasteiger partial charge in [0.25, 0.3) is 0 Å². The lowest BCUT2D eigenvalue weighted by molar-refractivity contribution is -0.131. The summed E-state index contributed by atoms with van der Waals surface area (Å²) in [4.78, 5) is 12.4. The van der Waals surface area contributed by atoms with E-state index in [0.717, 1.165) is 16.7 Å². The van der Waals surface area contributed by atoms with Crippen LogP contribution in [0.2, 0.25) is 20.1 Å². The minimum atomic E-state index is -0.669. The molecule has 0 aliphatic carbocycles. The monoisotopic (exact) mass is 476 g/mol. The Labute approximate surface area is 192 Å². The van der Waals surface area contributed by atoms with Gasteiger partial charge in [-0.3, -0.25) is 0 Å². The molecule has 1 N–H and O–H groups in total. The van der Waals surface area contributed by atoms with E-state index in [0.29, 0.717) is 20.6 Å². The van der Waals surface area contributed by atoms with Gasteiger partial charge in [0.15, 0.2) is 11.5 Å². The minimum Gasteiger partial charge on any atom is -0.504 e. The summed E-state index contributed by atoms with van der Waals surface area (Å²) < 4.78 is 5.28. The molecule has 0 saturated carbocycles. The Balaban J connectivity index is 1.71. The molecule has 0 aromatic heterocycles. The summed E-state index contributed by atoms with van der Waals surface area (Å²) in [6.07, 6.45) is 1.58. The number of esters is 1. The number of aliphatic hydroxyl groups excluding tert-OH is 1. The van der Waals surface area contributed by atoms with Gasteiger partial charge in [-0.15, -0.1) is 0 Å². The molecule has 3 aromatic rings. The molecule has 0 atom stereocenters. The van der Waals surface area contributed by atoms with E-state index >= 15 is 0 Å². The normalized spacial score (nSPS) is 15.1. The summed E-state index contributed by atoms with van der Waals surface area (Å²) in [5.41, 5.74) is 2.94. The molecule has 30 heavy (non-hydrogen) atoms. The van der Waals surface area contributed by atoms with E-state index in [1.54, 1.807) is 30.3 Å². The largest absolute Gasteiger partial charge is 0.504 e. The molecule has 150 valence electrons. The Kier molecular flexibility index (Phi) is 5.81. The summed E-state index contributed by atoms with van der Waals surface area (Å²) in [5.74, 6) is -0.886. The fraction of sp³-hybridized carbons (Fsp3) is 0. The molecule has 4 rings (SSSR count). The summed E-state index contributed by atoms with van der Waals surface area (Å²) in [6, 6.07) is 17.5. The lowest BCUT2D eigenvalue weighted by Gasteiger charge is -2.05. The number of cyclic esters (lactones) is 1. The van der Waals surface area contributed by atoms with Crippen LogP contribution in [0.3, 0.4) is 0 Å². The number of rotatable bonds is 3. The highest BCUT2D eigenvalue weighted by atomic mass is 35.5. The maximum absolute atomic E-state index is 12.4.